The number of rotatable bonds is 7. The first-order chi connectivity index (χ1) is 11.0. The fourth-order valence-electron chi connectivity index (χ4n) is 2.29. The van der Waals surface area contributed by atoms with Gasteiger partial charge in [-0.3, -0.25) is 9.48 Å². The summed E-state index contributed by atoms with van der Waals surface area (Å²) in [7, 11) is 3.59. The van der Waals surface area contributed by atoms with Crippen LogP contribution in [-0.4, -0.2) is 28.8 Å². The molecule has 1 unspecified atom stereocenters. The van der Waals surface area contributed by atoms with Crippen LogP contribution < -0.4 is 15.4 Å². The summed E-state index contributed by atoms with van der Waals surface area (Å²) < 4.78 is 7.28. The van der Waals surface area contributed by atoms with Gasteiger partial charge in [-0.1, -0.05) is 12.1 Å². The molecule has 0 bridgehead atoms. The Labute approximate surface area is 149 Å². The molecular formula is C17H25ClN4O2. The molecule has 1 atom stereocenters. The summed E-state index contributed by atoms with van der Waals surface area (Å²) in [5, 5.41) is 10.1. The fourth-order valence-corrected chi connectivity index (χ4v) is 2.29. The molecule has 6 nitrogen and oxygen atoms in total. The molecule has 0 radical (unpaired) electrons. The molecule has 0 saturated carbocycles. The third kappa shape index (κ3) is 5.54. The summed E-state index contributed by atoms with van der Waals surface area (Å²) >= 11 is 0. The number of aryl methyl sites for hydroxylation is 1. The zero-order chi connectivity index (χ0) is 16.8. The third-order valence-electron chi connectivity index (χ3n) is 3.37. The molecule has 1 aromatic carbocycles. The van der Waals surface area contributed by atoms with Crippen molar-refractivity contribution < 1.29 is 9.53 Å². The van der Waals surface area contributed by atoms with Crippen LogP contribution in [0.15, 0.2) is 36.7 Å². The van der Waals surface area contributed by atoms with Crippen molar-refractivity contribution in [2.24, 2.45) is 7.05 Å². The SMILES string of the molecule is CNC(C(=O)NCc1ccc(OC(C)C)cc1)c1cnn(C)c1.Cl. The molecule has 0 fully saturated rings. The van der Waals surface area contributed by atoms with Gasteiger partial charge in [-0.2, -0.15) is 5.10 Å². The number of amides is 1. The number of ether oxygens (including phenoxy) is 1. The quantitative estimate of drug-likeness (QED) is 0.801. The van der Waals surface area contributed by atoms with Gasteiger partial charge in [0.15, 0.2) is 0 Å². The van der Waals surface area contributed by atoms with Crippen LogP contribution in [0.2, 0.25) is 0 Å². The first-order valence-electron chi connectivity index (χ1n) is 7.68. The fraction of sp³-hybridized carbons (Fsp3) is 0.412. The minimum absolute atomic E-state index is 0. The predicted octanol–water partition coefficient (Wildman–Crippen LogP) is 2.21. The summed E-state index contributed by atoms with van der Waals surface area (Å²) in [6, 6.07) is 7.33. The molecule has 0 aliphatic heterocycles. The van der Waals surface area contributed by atoms with E-state index in [1.165, 1.54) is 0 Å². The number of carbonyl (C=O) groups excluding carboxylic acids is 1. The number of nitrogens with zero attached hydrogens (tertiary/aromatic N) is 2. The van der Waals surface area contributed by atoms with Crippen molar-refractivity contribution in [1.29, 1.82) is 0 Å². The van der Waals surface area contributed by atoms with Crippen LogP contribution in [0.4, 0.5) is 0 Å². The normalized spacial score (nSPS) is 11.7. The van der Waals surface area contributed by atoms with Gasteiger partial charge in [0.25, 0.3) is 0 Å². The van der Waals surface area contributed by atoms with E-state index < -0.39 is 6.04 Å². The second-order valence-corrected chi connectivity index (χ2v) is 5.70. The Bertz CT molecular complexity index is 640. The number of aromatic nitrogens is 2. The maximum absolute atomic E-state index is 12.3. The van der Waals surface area contributed by atoms with Crippen molar-refractivity contribution in [2.45, 2.75) is 32.5 Å². The van der Waals surface area contributed by atoms with E-state index in [2.05, 4.69) is 15.7 Å². The van der Waals surface area contributed by atoms with E-state index >= 15 is 0 Å². The Morgan fingerprint density at radius 1 is 1.29 bits per heavy atom. The molecule has 1 heterocycles. The van der Waals surface area contributed by atoms with Gasteiger partial charge in [0.05, 0.1) is 12.3 Å². The van der Waals surface area contributed by atoms with Gasteiger partial charge < -0.3 is 15.4 Å². The average molecular weight is 353 g/mol. The smallest absolute Gasteiger partial charge is 0.242 e. The Balaban J connectivity index is 0.00000288. The Morgan fingerprint density at radius 2 is 1.96 bits per heavy atom. The van der Waals surface area contributed by atoms with Gasteiger partial charge in [0.1, 0.15) is 11.8 Å². The molecule has 2 N–H and O–H groups in total. The minimum Gasteiger partial charge on any atom is -0.491 e. The topological polar surface area (TPSA) is 68.2 Å². The Morgan fingerprint density at radius 3 is 2.46 bits per heavy atom. The van der Waals surface area contributed by atoms with Crippen molar-refractivity contribution in [3.8, 4) is 5.75 Å². The van der Waals surface area contributed by atoms with E-state index in [-0.39, 0.29) is 24.4 Å². The molecule has 0 aliphatic carbocycles. The summed E-state index contributed by atoms with van der Waals surface area (Å²) in [5.74, 6) is 0.751. The van der Waals surface area contributed by atoms with Gasteiger partial charge in [-0.05, 0) is 38.6 Å². The van der Waals surface area contributed by atoms with E-state index in [1.54, 1.807) is 17.9 Å². The second kappa shape index (κ2) is 9.30. The summed E-state index contributed by atoms with van der Waals surface area (Å²) in [6.45, 7) is 4.45. The highest BCUT2D eigenvalue weighted by Gasteiger charge is 2.19. The first-order valence-corrected chi connectivity index (χ1v) is 7.68. The van der Waals surface area contributed by atoms with Crippen LogP contribution in [-0.2, 0) is 18.4 Å². The van der Waals surface area contributed by atoms with Crippen molar-refractivity contribution in [3.05, 3.63) is 47.8 Å². The second-order valence-electron chi connectivity index (χ2n) is 5.70. The number of benzene rings is 1. The molecule has 0 aliphatic rings. The standard InChI is InChI=1S/C17H24N4O2.ClH/c1-12(2)23-15-7-5-13(6-8-15)9-19-17(22)16(18-3)14-10-20-21(4)11-14;/h5-8,10-12,16,18H,9H2,1-4H3,(H,19,22);1H. The van der Waals surface area contributed by atoms with E-state index in [4.69, 9.17) is 4.74 Å². The monoisotopic (exact) mass is 352 g/mol. The van der Waals surface area contributed by atoms with Crippen LogP contribution in [0.3, 0.4) is 0 Å². The van der Waals surface area contributed by atoms with Crippen molar-refractivity contribution in [3.63, 3.8) is 0 Å². The molecule has 1 amide bonds. The van der Waals surface area contributed by atoms with E-state index in [1.807, 2.05) is 51.4 Å². The highest BCUT2D eigenvalue weighted by molar-refractivity contribution is 5.85. The van der Waals surface area contributed by atoms with Gasteiger partial charge >= 0.3 is 0 Å². The lowest BCUT2D eigenvalue weighted by Gasteiger charge is -2.15. The number of nitrogens with one attached hydrogen (secondary N) is 2. The average Bonchev–Trinajstić information content (AvgIpc) is 2.93. The van der Waals surface area contributed by atoms with Crippen LogP contribution in [0, 0.1) is 0 Å². The van der Waals surface area contributed by atoms with E-state index in [0.29, 0.717) is 6.54 Å². The van der Waals surface area contributed by atoms with Gasteiger partial charge in [-0.25, -0.2) is 0 Å². The number of halogens is 1. The maximum Gasteiger partial charge on any atom is 0.242 e. The molecule has 2 rings (SSSR count). The lowest BCUT2D eigenvalue weighted by atomic mass is 10.1. The molecule has 7 heteroatoms. The third-order valence-corrected chi connectivity index (χ3v) is 3.37. The zero-order valence-electron chi connectivity index (χ0n) is 14.4. The predicted molar refractivity (Wildman–Crippen MR) is 96.3 cm³/mol. The summed E-state index contributed by atoms with van der Waals surface area (Å²) in [4.78, 5) is 12.3. The van der Waals surface area contributed by atoms with Crippen LogP contribution in [0.25, 0.3) is 0 Å². The number of carbonyl (C=O) groups is 1. The molecule has 1 aromatic heterocycles. The summed E-state index contributed by atoms with van der Waals surface area (Å²) in [6.07, 6.45) is 3.67. The number of hydrogen-bond acceptors (Lipinski definition) is 4. The van der Waals surface area contributed by atoms with Crippen molar-refractivity contribution >= 4 is 18.3 Å². The Kier molecular flexibility index (Phi) is 7.74. The van der Waals surface area contributed by atoms with Crippen molar-refractivity contribution in [2.75, 3.05) is 7.05 Å². The summed E-state index contributed by atoms with van der Waals surface area (Å²) in [5.41, 5.74) is 1.86. The van der Waals surface area contributed by atoms with Crippen LogP contribution >= 0.6 is 12.4 Å². The minimum atomic E-state index is -0.410. The van der Waals surface area contributed by atoms with Crippen molar-refractivity contribution in [1.82, 2.24) is 20.4 Å². The van der Waals surface area contributed by atoms with Gasteiger partial charge in [0, 0.05) is 25.4 Å². The van der Waals surface area contributed by atoms with Crippen LogP contribution in [0.1, 0.15) is 31.0 Å². The number of hydrogen-bond donors (Lipinski definition) is 2. The molecule has 0 spiro atoms. The zero-order valence-corrected chi connectivity index (χ0v) is 15.3. The van der Waals surface area contributed by atoms with Gasteiger partial charge in [-0.15, -0.1) is 12.4 Å². The Hall–Kier alpha value is -2.05. The highest BCUT2D eigenvalue weighted by atomic mass is 35.5. The van der Waals surface area contributed by atoms with E-state index in [9.17, 15) is 4.79 Å². The lowest BCUT2D eigenvalue weighted by molar-refractivity contribution is -0.123. The molecular weight excluding hydrogens is 328 g/mol. The highest BCUT2D eigenvalue weighted by Crippen LogP contribution is 2.15. The molecule has 2 aromatic rings. The maximum atomic E-state index is 12.3. The lowest BCUT2D eigenvalue weighted by Crippen LogP contribution is -2.35. The van der Waals surface area contributed by atoms with Gasteiger partial charge in [0.2, 0.25) is 5.91 Å². The molecule has 132 valence electrons. The van der Waals surface area contributed by atoms with E-state index in [0.717, 1.165) is 16.9 Å². The number of likely N-dealkylation sites (N-methyl/N-ethyl adjacent to an activating group) is 1. The molecule has 0 saturated heterocycles. The van der Waals surface area contributed by atoms with Crippen LogP contribution in [0.5, 0.6) is 5.75 Å². The first kappa shape index (κ1) is 20.0. The largest absolute Gasteiger partial charge is 0.491 e. The molecule has 24 heavy (non-hydrogen) atoms.